The number of aromatic nitrogens is 1. The largest absolute Gasteiger partial charge is 0.465 e. The Morgan fingerprint density at radius 3 is 2.36 bits per heavy atom. The highest BCUT2D eigenvalue weighted by molar-refractivity contribution is 6.48. The van der Waals surface area contributed by atoms with Crippen molar-refractivity contribution in [2.75, 3.05) is 13.7 Å². The Balaban J connectivity index is 1.66. The molecule has 0 fully saturated rings. The first-order valence-electron chi connectivity index (χ1n) is 14.2. The molecule has 4 nitrogen and oxygen atoms in total. The molecule has 1 radical (unpaired) electrons. The van der Waals surface area contributed by atoms with Gasteiger partial charge in [0, 0.05) is 17.6 Å². The molecule has 0 amide bonds. The average molecular weight is 543 g/mol. The van der Waals surface area contributed by atoms with Gasteiger partial charge in [-0.15, -0.1) is 0 Å². The van der Waals surface area contributed by atoms with Gasteiger partial charge in [0.25, 0.3) is 0 Å². The molecule has 39 heavy (non-hydrogen) atoms. The van der Waals surface area contributed by atoms with Gasteiger partial charge >= 0.3 is 5.97 Å². The number of nitrogens with zero attached hydrogens (tertiary/aromatic N) is 1. The summed E-state index contributed by atoms with van der Waals surface area (Å²) in [5, 5.41) is 1.12. The van der Waals surface area contributed by atoms with Gasteiger partial charge in [-0.25, -0.2) is 9.78 Å². The van der Waals surface area contributed by atoms with E-state index in [0.29, 0.717) is 11.5 Å². The third kappa shape index (κ3) is 9.95. The van der Waals surface area contributed by atoms with Crippen molar-refractivity contribution < 1.29 is 14.0 Å². The highest BCUT2D eigenvalue weighted by atomic mass is 28.3. The SMILES string of the molecule is COC(=O)c1cccc(C#Cc2ccc3ccc(C(CCCCCCCCO[Si](C)C)C(C)(C)C)cc3n2)c1. The second-order valence-electron chi connectivity index (χ2n) is 11.6. The summed E-state index contributed by atoms with van der Waals surface area (Å²) in [6.45, 7) is 12.4. The number of unbranched alkanes of at least 4 members (excludes halogenated alkanes) is 5. The Bertz CT molecular complexity index is 1280. The molecule has 0 saturated heterocycles. The molecule has 3 rings (SSSR count). The molecule has 5 heteroatoms. The Labute approximate surface area is 237 Å². The zero-order valence-corrected chi connectivity index (χ0v) is 25.6. The van der Waals surface area contributed by atoms with Crippen molar-refractivity contribution >= 4 is 25.9 Å². The van der Waals surface area contributed by atoms with E-state index in [-0.39, 0.29) is 11.4 Å². The highest BCUT2D eigenvalue weighted by Gasteiger charge is 2.26. The molecule has 0 saturated carbocycles. The van der Waals surface area contributed by atoms with Crippen LogP contribution < -0.4 is 0 Å². The van der Waals surface area contributed by atoms with E-state index in [1.54, 1.807) is 12.1 Å². The van der Waals surface area contributed by atoms with Gasteiger partial charge in [0.15, 0.2) is 0 Å². The first kappa shape index (κ1) is 30.6. The van der Waals surface area contributed by atoms with Gasteiger partial charge in [0.2, 0.25) is 9.04 Å². The van der Waals surface area contributed by atoms with Gasteiger partial charge in [-0.2, -0.15) is 0 Å². The number of carbonyl (C=O) groups excluding carboxylic acids is 1. The average Bonchev–Trinajstić information content (AvgIpc) is 2.91. The highest BCUT2D eigenvalue weighted by Crippen LogP contribution is 2.39. The van der Waals surface area contributed by atoms with Crippen molar-refractivity contribution in [1.29, 1.82) is 0 Å². The summed E-state index contributed by atoms with van der Waals surface area (Å²) in [6.07, 6.45) is 8.79. The number of rotatable bonds is 12. The van der Waals surface area contributed by atoms with E-state index in [9.17, 15) is 4.79 Å². The fourth-order valence-electron chi connectivity index (χ4n) is 4.93. The van der Waals surface area contributed by atoms with Crippen molar-refractivity contribution in [3.63, 3.8) is 0 Å². The summed E-state index contributed by atoms with van der Waals surface area (Å²) >= 11 is 0. The smallest absolute Gasteiger partial charge is 0.337 e. The van der Waals surface area contributed by atoms with Crippen LogP contribution in [-0.4, -0.2) is 33.7 Å². The fourth-order valence-corrected chi connectivity index (χ4v) is 5.48. The van der Waals surface area contributed by atoms with Gasteiger partial charge in [-0.1, -0.05) is 83.1 Å². The minimum Gasteiger partial charge on any atom is -0.465 e. The van der Waals surface area contributed by atoms with Crippen LogP contribution in [0.3, 0.4) is 0 Å². The zero-order valence-electron chi connectivity index (χ0n) is 24.6. The second kappa shape index (κ2) is 15.0. The Morgan fingerprint density at radius 2 is 1.64 bits per heavy atom. The molecule has 1 unspecified atom stereocenters. The quantitative estimate of drug-likeness (QED) is 0.0995. The maximum Gasteiger partial charge on any atom is 0.337 e. The van der Waals surface area contributed by atoms with Gasteiger partial charge in [0.1, 0.15) is 5.69 Å². The summed E-state index contributed by atoms with van der Waals surface area (Å²) in [5.74, 6) is 6.42. The molecule has 2 aromatic carbocycles. The standard InChI is InChI=1S/C34H44NO3Si/c1-34(2,3)31(16-11-9-7-8-10-12-23-38-39(5)6)28-19-18-27-20-22-30(35-32(27)25-28)21-17-26-14-13-15-29(24-26)33(36)37-4/h13-15,18-20,22,24-25,31H,7-12,16,23H2,1-6H3. The summed E-state index contributed by atoms with van der Waals surface area (Å²) < 4.78 is 10.6. The van der Waals surface area contributed by atoms with E-state index < -0.39 is 9.04 Å². The molecular formula is C34H44NO3Si. The van der Waals surface area contributed by atoms with Crippen LogP contribution >= 0.6 is 0 Å². The second-order valence-corrected chi connectivity index (χ2v) is 13.7. The lowest BCUT2D eigenvalue weighted by Gasteiger charge is -2.31. The van der Waals surface area contributed by atoms with Gasteiger partial charge < -0.3 is 9.16 Å². The molecule has 1 aromatic heterocycles. The molecule has 0 aliphatic carbocycles. The maximum atomic E-state index is 11.8. The van der Waals surface area contributed by atoms with Crippen LogP contribution in [0.2, 0.25) is 13.1 Å². The number of methoxy groups -OCH3 is 1. The van der Waals surface area contributed by atoms with E-state index in [1.165, 1.54) is 57.6 Å². The van der Waals surface area contributed by atoms with Crippen LogP contribution in [-0.2, 0) is 9.16 Å². The van der Waals surface area contributed by atoms with E-state index in [1.807, 2.05) is 18.2 Å². The van der Waals surface area contributed by atoms with Crippen LogP contribution in [0.5, 0.6) is 0 Å². The molecular weight excluding hydrogens is 498 g/mol. The van der Waals surface area contributed by atoms with Gasteiger partial charge in [-0.05, 0) is 79.1 Å². The van der Waals surface area contributed by atoms with Gasteiger partial charge in [-0.3, -0.25) is 0 Å². The molecule has 1 atom stereocenters. The zero-order chi connectivity index (χ0) is 28.3. The summed E-state index contributed by atoms with van der Waals surface area (Å²) in [5.41, 5.74) is 4.47. The lowest BCUT2D eigenvalue weighted by Crippen LogP contribution is -2.18. The fraction of sp³-hybridized carbons (Fsp3) is 0.471. The Kier molecular flexibility index (Phi) is 11.8. The molecule has 207 valence electrons. The normalized spacial score (nSPS) is 12.3. The predicted octanol–water partition coefficient (Wildman–Crippen LogP) is 8.55. The maximum absolute atomic E-state index is 11.8. The molecule has 0 N–H and O–H groups in total. The number of esters is 1. The Hall–Kier alpha value is -2.94. The lowest BCUT2D eigenvalue weighted by molar-refractivity contribution is 0.0600. The number of ether oxygens (including phenoxy) is 1. The third-order valence-electron chi connectivity index (χ3n) is 7.06. The predicted molar refractivity (Wildman–Crippen MR) is 163 cm³/mol. The van der Waals surface area contributed by atoms with Crippen molar-refractivity contribution in [2.24, 2.45) is 5.41 Å². The van der Waals surface area contributed by atoms with Crippen LogP contribution in [0, 0.1) is 17.3 Å². The molecule has 0 aliphatic rings. The molecule has 0 aliphatic heterocycles. The number of carbonyl (C=O) groups is 1. The first-order valence-corrected chi connectivity index (χ1v) is 16.6. The van der Waals surface area contributed by atoms with Crippen molar-refractivity contribution in [2.45, 2.75) is 84.7 Å². The molecule has 1 heterocycles. The molecule has 3 aromatic rings. The van der Waals surface area contributed by atoms with E-state index in [2.05, 4.69) is 70.0 Å². The number of benzene rings is 2. The van der Waals surface area contributed by atoms with E-state index >= 15 is 0 Å². The first-order chi connectivity index (χ1) is 18.7. The molecule has 0 spiro atoms. The minimum atomic E-state index is -0.546. The van der Waals surface area contributed by atoms with Crippen LogP contribution in [0.15, 0.2) is 54.6 Å². The summed E-state index contributed by atoms with van der Waals surface area (Å²) in [6, 6.07) is 17.9. The third-order valence-corrected chi connectivity index (χ3v) is 7.84. The number of fused-ring (bicyclic) bond motifs is 1. The molecule has 0 bridgehead atoms. The van der Waals surface area contributed by atoms with E-state index in [4.69, 9.17) is 14.1 Å². The number of hydrogen-bond donors (Lipinski definition) is 0. The van der Waals surface area contributed by atoms with Crippen LogP contribution in [0.4, 0.5) is 0 Å². The minimum absolute atomic E-state index is 0.173. The summed E-state index contributed by atoms with van der Waals surface area (Å²) in [4.78, 5) is 16.7. The Morgan fingerprint density at radius 1 is 0.923 bits per heavy atom. The van der Waals surface area contributed by atoms with Crippen LogP contribution in [0.25, 0.3) is 10.9 Å². The van der Waals surface area contributed by atoms with Crippen molar-refractivity contribution in [3.05, 3.63) is 77.0 Å². The monoisotopic (exact) mass is 542 g/mol. The lowest BCUT2D eigenvalue weighted by atomic mass is 9.73. The number of pyridine rings is 1. The van der Waals surface area contributed by atoms with Crippen molar-refractivity contribution in [3.8, 4) is 11.8 Å². The van der Waals surface area contributed by atoms with E-state index in [0.717, 1.165) is 28.8 Å². The van der Waals surface area contributed by atoms with Crippen LogP contribution in [0.1, 0.15) is 98.8 Å². The van der Waals surface area contributed by atoms with Gasteiger partial charge in [0.05, 0.1) is 18.2 Å². The van der Waals surface area contributed by atoms with Crippen molar-refractivity contribution in [1.82, 2.24) is 4.98 Å². The number of hydrogen-bond acceptors (Lipinski definition) is 4. The topological polar surface area (TPSA) is 48.4 Å². The summed E-state index contributed by atoms with van der Waals surface area (Å²) in [7, 11) is 0.835.